The second-order valence-electron chi connectivity index (χ2n) is 5.58. The molecule has 0 bridgehead atoms. The number of aliphatic hydroxyl groups excluding tert-OH is 6. The number of aliphatic carboxylic acids is 1. The summed E-state index contributed by atoms with van der Waals surface area (Å²) < 4.78 is 14.9. The average Bonchev–Trinajstić information content (AvgIpc) is 2.54. The van der Waals surface area contributed by atoms with Gasteiger partial charge in [0.2, 0.25) is 0 Å². The van der Waals surface area contributed by atoms with E-state index in [0.717, 1.165) is 0 Å². The second-order valence-corrected chi connectivity index (χ2v) is 5.58. The van der Waals surface area contributed by atoms with Crippen molar-refractivity contribution in [2.45, 2.75) is 61.3 Å². The molecule has 0 saturated carbocycles. The number of aliphatic hydroxyl groups is 6. The van der Waals surface area contributed by atoms with Crippen LogP contribution in [0.3, 0.4) is 0 Å². The molecular formula is C12H19NO11Y-2. The van der Waals surface area contributed by atoms with Crippen molar-refractivity contribution < 1.29 is 87.5 Å². The van der Waals surface area contributed by atoms with Crippen molar-refractivity contribution in [3.8, 4) is 0 Å². The summed E-state index contributed by atoms with van der Waals surface area (Å²) in [7, 11) is 0. The first-order valence-electron chi connectivity index (χ1n) is 7.08. The van der Waals surface area contributed by atoms with Gasteiger partial charge in [-0.1, -0.05) is 6.04 Å². The molecule has 2 saturated heterocycles. The Morgan fingerprint density at radius 1 is 1.04 bits per heavy atom. The molecule has 5 unspecified atom stereocenters. The molecule has 143 valence electrons. The Morgan fingerprint density at radius 3 is 2.16 bits per heavy atom. The van der Waals surface area contributed by atoms with Gasteiger partial charge in [0.1, 0.15) is 42.9 Å². The van der Waals surface area contributed by atoms with E-state index >= 15 is 0 Å². The van der Waals surface area contributed by atoms with Gasteiger partial charge < -0.3 is 60.5 Å². The number of carboxylic acids is 1. The van der Waals surface area contributed by atoms with Crippen LogP contribution >= 0.6 is 0 Å². The topological polar surface area (TPSA) is 213 Å². The molecular weight excluding hydrogens is 423 g/mol. The molecule has 13 heteroatoms. The smallest absolute Gasteiger partial charge is 0.187 e. The molecule has 2 fully saturated rings. The van der Waals surface area contributed by atoms with Crippen molar-refractivity contribution in [2.24, 2.45) is 0 Å². The number of carboxylic acid groups (broad SMARTS) is 1. The summed E-state index contributed by atoms with van der Waals surface area (Å²) in [6, 6.07) is -1.56. The normalized spacial score (nSPS) is 47.8. The van der Waals surface area contributed by atoms with Gasteiger partial charge in [0.15, 0.2) is 6.29 Å². The van der Waals surface area contributed by atoms with Crippen molar-refractivity contribution in [3.63, 3.8) is 0 Å². The monoisotopic (exact) mass is 442 g/mol. The molecule has 2 aliphatic rings. The molecule has 0 aromatic heterocycles. The summed E-state index contributed by atoms with van der Waals surface area (Å²) in [5.41, 5.74) is 7.54. The van der Waals surface area contributed by atoms with E-state index in [1.807, 2.05) is 0 Å². The van der Waals surface area contributed by atoms with Crippen LogP contribution in [0.4, 0.5) is 0 Å². The Hall–Kier alpha value is 0.174. The fourth-order valence-corrected chi connectivity index (χ4v) is 2.56. The molecule has 2 rings (SSSR count). The summed E-state index contributed by atoms with van der Waals surface area (Å²) in [5, 5.41) is 68.6. The van der Waals surface area contributed by atoms with Crippen LogP contribution in [0, 0.1) is 0 Å². The third kappa shape index (κ3) is 4.72. The first kappa shape index (κ1) is 23.2. The summed E-state index contributed by atoms with van der Waals surface area (Å²) >= 11 is 0. The van der Waals surface area contributed by atoms with E-state index in [1.165, 1.54) is 0 Å². The molecule has 1 radical (unpaired) electrons. The molecule has 10 atom stereocenters. The van der Waals surface area contributed by atoms with Crippen molar-refractivity contribution in [2.75, 3.05) is 6.61 Å². The quantitative estimate of drug-likeness (QED) is 0.241. The minimum atomic E-state index is -2.01. The molecule has 0 amide bonds. The van der Waals surface area contributed by atoms with Gasteiger partial charge >= 0.3 is 0 Å². The van der Waals surface area contributed by atoms with Gasteiger partial charge in [-0.2, -0.15) is 0 Å². The Bertz CT molecular complexity index is 455. The zero-order valence-corrected chi connectivity index (χ0v) is 15.6. The SMILES string of the molecule is [NH-]C1C(O)[C@H](O[C@@H]2OC(C(=O)[O-])[C@@H](O)C(O)[C@@H]2O)C(CO)O[C@H]1O.[Y]. The standard InChI is InChI=1S/C12H20NO11.Y/c13-3-4(15)8(2(1-14)22-11(3)21)23-12-7(18)5(16)6(17)9(24-12)10(19)20;/h2-9,11-18,21H,1H2,(H,19,20);/q-1;/p-1/t2?,3?,4?,5?,6-,7-,8+,9?,11+,12+;/m0./s1. The third-order valence-electron chi connectivity index (χ3n) is 3.97. The summed E-state index contributed by atoms with van der Waals surface area (Å²) in [6.07, 6.45) is -15.8. The molecule has 2 aliphatic heterocycles. The van der Waals surface area contributed by atoms with Gasteiger partial charge in [0, 0.05) is 32.7 Å². The summed E-state index contributed by atoms with van der Waals surface area (Å²) in [4.78, 5) is 10.9. The molecule has 2 heterocycles. The van der Waals surface area contributed by atoms with Crippen LogP contribution < -0.4 is 5.11 Å². The average molecular weight is 442 g/mol. The molecule has 12 nitrogen and oxygen atoms in total. The van der Waals surface area contributed by atoms with Gasteiger partial charge in [-0.3, -0.25) is 0 Å². The van der Waals surface area contributed by atoms with Crippen molar-refractivity contribution in [1.29, 1.82) is 0 Å². The molecule has 0 aromatic rings. The van der Waals surface area contributed by atoms with E-state index in [4.69, 9.17) is 19.9 Å². The zero-order valence-electron chi connectivity index (χ0n) is 12.8. The zero-order chi connectivity index (χ0) is 18.2. The number of ether oxygens (including phenoxy) is 3. The van der Waals surface area contributed by atoms with Crippen LogP contribution in [-0.4, -0.2) is 105 Å². The maximum Gasteiger partial charge on any atom is 0.187 e. The van der Waals surface area contributed by atoms with Crippen LogP contribution in [0.1, 0.15) is 0 Å². The molecule has 7 N–H and O–H groups in total. The summed E-state index contributed by atoms with van der Waals surface area (Å²) in [6.45, 7) is -0.733. The van der Waals surface area contributed by atoms with Crippen LogP contribution in [0.2, 0.25) is 0 Å². The molecule has 0 aliphatic carbocycles. The third-order valence-corrected chi connectivity index (χ3v) is 3.97. The van der Waals surface area contributed by atoms with E-state index in [1.54, 1.807) is 0 Å². The number of nitrogens with one attached hydrogen (secondary N) is 1. The van der Waals surface area contributed by atoms with Crippen LogP contribution in [0.5, 0.6) is 0 Å². The van der Waals surface area contributed by atoms with Crippen LogP contribution in [0.25, 0.3) is 5.73 Å². The fraction of sp³-hybridized carbons (Fsp3) is 0.917. The second kappa shape index (κ2) is 9.39. The Kier molecular flexibility index (Phi) is 8.72. The molecule has 25 heavy (non-hydrogen) atoms. The van der Waals surface area contributed by atoms with Crippen molar-refractivity contribution in [1.82, 2.24) is 0 Å². The molecule has 0 spiro atoms. The first-order valence-corrected chi connectivity index (χ1v) is 7.08. The van der Waals surface area contributed by atoms with Gasteiger partial charge in [-0.25, -0.2) is 0 Å². The maximum atomic E-state index is 10.9. The van der Waals surface area contributed by atoms with E-state index in [0.29, 0.717) is 0 Å². The number of hydrogen-bond acceptors (Lipinski definition) is 11. The van der Waals surface area contributed by atoms with Gasteiger partial charge in [0.25, 0.3) is 0 Å². The predicted molar refractivity (Wildman–Crippen MR) is 68.6 cm³/mol. The van der Waals surface area contributed by atoms with Gasteiger partial charge in [-0.05, 0) is 0 Å². The van der Waals surface area contributed by atoms with Crippen molar-refractivity contribution in [3.05, 3.63) is 5.73 Å². The Balaban J connectivity index is 0.00000312. The van der Waals surface area contributed by atoms with Crippen LogP contribution in [0.15, 0.2) is 0 Å². The van der Waals surface area contributed by atoms with Gasteiger partial charge in [0.05, 0.1) is 18.7 Å². The number of hydrogen-bond donors (Lipinski definition) is 6. The van der Waals surface area contributed by atoms with Crippen molar-refractivity contribution >= 4 is 5.97 Å². The number of rotatable bonds is 4. The Morgan fingerprint density at radius 2 is 1.64 bits per heavy atom. The first-order chi connectivity index (χ1) is 11.2. The van der Waals surface area contributed by atoms with Crippen LogP contribution in [-0.2, 0) is 51.7 Å². The van der Waals surface area contributed by atoms with E-state index in [2.05, 4.69) is 0 Å². The predicted octanol–water partition coefficient (Wildman–Crippen LogP) is -5.58. The Labute approximate surface area is 167 Å². The van der Waals surface area contributed by atoms with Gasteiger partial charge in [-0.15, -0.1) is 0 Å². The maximum absolute atomic E-state index is 10.9. The number of carbonyl (C=O) groups is 1. The minimum Gasteiger partial charge on any atom is -0.668 e. The largest absolute Gasteiger partial charge is 0.668 e. The minimum absolute atomic E-state index is 0. The summed E-state index contributed by atoms with van der Waals surface area (Å²) in [5.74, 6) is -1.87. The number of carbonyl (C=O) groups excluding carboxylic acids is 1. The molecule has 0 aromatic carbocycles. The van der Waals surface area contributed by atoms with E-state index in [9.17, 15) is 40.5 Å². The van der Waals surface area contributed by atoms with E-state index < -0.39 is 73.9 Å². The fourth-order valence-electron chi connectivity index (χ4n) is 2.56. The van der Waals surface area contributed by atoms with E-state index in [-0.39, 0.29) is 32.7 Å².